The molecule has 1 atom stereocenters. The van der Waals surface area contributed by atoms with Crippen molar-refractivity contribution in [3.05, 3.63) is 53.9 Å². The first-order chi connectivity index (χ1) is 15.0. The van der Waals surface area contributed by atoms with Crippen LogP contribution in [0.4, 0.5) is 18.9 Å². The Hall–Kier alpha value is -3.17. The van der Waals surface area contributed by atoms with Crippen LogP contribution < -0.4 is 4.90 Å². The number of carbonyl (C=O) groups is 1. The maximum absolute atomic E-state index is 13.4. The second-order valence-electron chi connectivity index (χ2n) is 7.34. The summed E-state index contributed by atoms with van der Waals surface area (Å²) >= 11 is 0. The molecule has 0 saturated carbocycles. The maximum atomic E-state index is 13.4. The van der Waals surface area contributed by atoms with Crippen molar-refractivity contribution in [3.8, 4) is 6.07 Å². The SMILES string of the molecule is CN(C)C(=O)C1CN(c2ccc(C#N)c(C(F)(F)F)c2)CCN1S(=O)(=O)c1cccnc1. The van der Waals surface area contributed by atoms with Gasteiger partial charge in [-0.2, -0.15) is 22.7 Å². The standard InChI is InChI=1S/C20H20F3N5O3S/c1-26(2)19(29)18-13-27(15-6-5-14(11-24)17(10-15)20(21,22)23)8-9-28(18)32(30,31)16-4-3-7-25-12-16/h3-7,10,12,18H,8-9,13H2,1-2H3. The number of alkyl halides is 3. The van der Waals surface area contributed by atoms with Crippen LogP contribution in [-0.2, 0) is 21.0 Å². The molecule has 1 saturated heterocycles. The molecule has 0 bridgehead atoms. The third-order valence-electron chi connectivity index (χ3n) is 5.09. The van der Waals surface area contributed by atoms with E-state index in [0.29, 0.717) is 0 Å². The molecule has 170 valence electrons. The Balaban J connectivity index is 1.99. The number of hydrogen-bond donors (Lipinski definition) is 0. The minimum absolute atomic E-state index is 0.0555. The monoisotopic (exact) mass is 467 g/mol. The lowest BCUT2D eigenvalue weighted by Gasteiger charge is -2.41. The highest BCUT2D eigenvalue weighted by molar-refractivity contribution is 7.89. The Morgan fingerprint density at radius 3 is 2.53 bits per heavy atom. The molecule has 1 aromatic heterocycles. The topological polar surface area (TPSA) is 97.6 Å². The number of piperazine rings is 1. The van der Waals surface area contributed by atoms with Crippen LogP contribution in [0.1, 0.15) is 11.1 Å². The molecule has 1 amide bonds. The van der Waals surface area contributed by atoms with Gasteiger partial charge in [0.25, 0.3) is 0 Å². The van der Waals surface area contributed by atoms with Crippen molar-refractivity contribution < 1.29 is 26.4 Å². The van der Waals surface area contributed by atoms with Crippen molar-refractivity contribution in [1.82, 2.24) is 14.2 Å². The van der Waals surface area contributed by atoms with E-state index in [2.05, 4.69) is 4.98 Å². The average Bonchev–Trinajstić information content (AvgIpc) is 2.77. The van der Waals surface area contributed by atoms with Crippen LogP contribution in [0.3, 0.4) is 0 Å². The van der Waals surface area contributed by atoms with Gasteiger partial charge >= 0.3 is 6.18 Å². The largest absolute Gasteiger partial charge is 0.417 e. The summed E-state index contributed by atoms with van der Waals surface area (Å²) in [6.07, 6.45) is -2.14. The number of hydrogen-bond acceptors (Lipinski definition) is 6. The number of halogens is 3. The zero-order valence-electron chi connectivity index (χ0n) is 17.2. The quantitative estimate of drug-likeness (QED) is 0.682. The zero-order valence-corrected chi connectivity index (χ0v) is 18.1. The number of anilines is 1. The normalized spacial score (nSPS) is 17.6. The summed E-state index contributed by atoms with van der Waals surface area (Å²) in [5, 5.41) is 9.00. The van der Waals surface area contributed by atoms with Gasteiger partial charge in [0, 0.05) is 51.8 Å². The van der Waals surface area contributed by atoms with E-state index in [4.69, 9.17) is 5.26 Å². The van der Waals surface area contributed by atoms with Crippen molar-refractivity contribution in [2.75, 3.05) is 38.6 Å². The van der Waals surface area contributed by atoms with E-state index in [0.717, 1.165) is 16.4 Å². The summed E-state index contributed by atoms with van der Waals surface area (Å²) in [5.41, 5.74) is -1.45. The van der Waals surface area contributed by atoms with Gasteiger partial charge in [-0.3, -0.25) is 9.78 Å². The first kappa shape index (κ1) is 23.5. The van der Waals surface area contributed by atoms with Crippen molar-refractivity contribution in [2.45, 2.75) is 17.1 Å². The molecule has 1 aliphatic rings. The number of sulfonamides is 1. The van der Waals surface area contributed by atoms with Crippen molar-refractivity contribution in [3.63, 3.8) is 0 Å². The smallest absolute Gasteiger partial charge is 0.368 e. The van der Waals surface area contributed by atoms with Gasteiger partial charge in [0.15, 0.2) is 0 Å². The number of carbonyl (C=O) groups excluding carboxylic acids is 1. The van der Waals surface area contributed by atoms with E-state index in [1.807, 2.05) is 0 Å². The van der Waals surface area contributed by atoms with Crippen molar-refractivity contribution in [1.29, 1.82) is 5.26 Å². The van der Waals surface area contributed by atoms with Crippen LogP contribution in [0.25, 0.3) is 0 Å². The molecule has 1 unspecified atom stereocenters. The summed E-state index contributed by atoms with van der Waals surface area (Å²) in [7, 11) is -1.12. The van der Waals surface area contributed by atoms with Gasteiger partial charge in [0.2, 0.25) is 15.9 Å². The summed E-state index contributed by atoms with van der Waals surface area (Å²) < 4.78 is 67.5. The Labute approximate surface area is 183 Å². The number of nitriles is 1. The molecule has 2 aromatic rings. The maximum Gasteiger partial charge on any atom is 0.417 e. The highest BCUT2D eigenvalue weighted by atomic mass is 32.2. The Morgan fingerprint density at radius 2 is 1.97 bits per heavy atom. The van der Waals surface area contributed by atoms with Crippen LogP contribution in [-0.4, -0.2) is 68.3 Å². The third-order valence-corrected chi connectivity index (χ3v) is 6.98. The fourth-order valence-electron chi connectivity index (χ4n) is 3.48. The lowest BCUT2D eigenvalue weighted by atomic mass is 10.1. The minimum atomic E-state index is -4.73. The van der Waals surface area contributed by atoms with Gasteiger partial charge < -0.3 is 9.80 Å². The molecule has 0 spiro atoms. The molecule has 3 rings (SSSR count). The average molecular weight is 467 g/mol. The Bertz CT molecular complexity index is 1150. The summed E-state index contributed by atoms with van der Waals surface area (Å²) in [5.74, 6) is -0.508. The zero-order chi connectivity index (χ0) is 23.7. The molecule has 0 aliphatic carbocycles. The molecule has 12 heteroatoms. The number of pyridine rings is 1. The van der Waals surface area contributed by atoms with Gasteiger partial charge in [-0.15, -0.1) is 0 Å². The Kier molecular flexibility index (Phi) is 6.43. The van der Waals surface area contributed by atoms with Crippen molar-refractivity contribution in [2.24, 2.45) is 0 Å². The van der Waals surface area contributed by atoms with Crippen LogP contribution >= 0.6 is 0 Å². The van der Waals surface area contributed by atoms with E-state index in [-0.39, 0.29) is 30.2 Å². The summed E-state index contributed by atoms with van der Waals surface area (Å²) in [6, 6.07) is 6.47. The number of rotatable bonds is 4. The van der Waals surface area contributed by atoms with Crippen LogP contribution in [0.15, 0.2) is 47.6 Å². The molecule has 1 fully saturated rings. The van der Waals surface area contributed by atoms with Crippen LogP contribution in [0.5, 0.6) is 0 Å². The number of likely N-dealkylation sites (N-methyl/N-ethyl adjacent to an activating group) is 1. The molecule has 0 radical (unpaired) electrons. The van der Waals surface area contributed by atoms with E-state index in [1.54, 1.807) is 0 Å². The molecule has 2 heterocycles. The van der Waals surface area contributed by atoms with E-state index in [1.165, 1.54) is 60.6 Å². The molecule has 32 heavy (non-hydrogen) atoms. The second-order valence-corrected chi connectivity index (χ2v) is 9.23. The van der Waals surface area contributed by atoms with Gasteiger partial charge in [-0.25, -0.2) is 8.42 Å². The van der Waals surface area contributed by atoms with Crippen molar-refractivity contribution >= 4 is 21.6 Å². The van der Waals surface area contributed by atoms with E-state index in [9.17, 15) is 26.4 Å². The van der Waals surface area contributed by atoms with Crippen LogP contribution in [0, 0.1) is 11.3 Å². The number of nitrogens with zero attached hydrogens (tertiary/aromatic N) is 5. The fraction of sp³-hybridized carbons (Fsp3) is 0.350. The fourth-order valence-corrected chi connectivity index (χ4v) is 5.01. The number of aromatic nitrogens is 1. The summed E-state index contributed by atoms with van der Waals surface area (Å²) in [4.78, 5) is 19.3. The van der Waals surface area contributed by atoms with E-state index < -0.39 is 39.3 Å². The minimum Gasteiger partial charge on any atom is -0.368 e. The predicted octanol–water partition coefficient (Wildman–Crippen LogP) is 1.94. The molecule has 1 aliphatic heterocycles. The molecule has 8 nitrogen and oxygen atoms in total. The first-order valence-electron chi connectivity index (χ1n) is 9.46. The number of benzene rings is 1. The molecular formula is C20H20F3N5O3S. The lowest BCUT2D eigenvalue weighted by molar-refractivity contribution is -0.137. The first-order valence-corrected chi connectivity index (χ1v) is 10.9. The molecule has 1 aromatic carbocycles. The van der Waals surface area contributed by atoms with Crippen LogP contribution in [0.2, 0.25) is 0 Å². The highest BCUT2D eigenvalue weighted by Gasteiger charge is 2.41. The van der Waals surface area contributed by atoms with Gasteiger partial charge in [-0.05, 0) is 30.3 Å². The molecular weight excluding hydrogens is 447 g/mol. The highest BCUT2D eigenvalue weighted by Crippen LogP contribution is 2.35. The van der Waals surface area contributed by atoms with Gasteiger partial charge in [0.05, 0.1) is 17.2 Å². The van der Waals surface area contributed by atoms with E-state index >= 15 is 0 Å². The summed E-state index contributed by atoms with van der Waals surface area (Å²) in [6.45, 7) is -0.220. The van der Waals surface area contributed by atoms with Gasteiger partial charge in [0.1, 0.15) is 10.9 Å². The lowest BCUT2D eigenvalue weighted by Crippen LogP contribution is -2.60. The predicted molar refractivity (Wildman–Crippen MR) is 109 cm³/mol. The second kappa shape index (κ2) is 8.76. The number of amides is 1. The van der Waals surface area contributed by atoms with Gasteiger partial charge in [-0.1, -0.05) is 0 Å². The molecule has 0 N–H and O–H groups in total. The third kappa shape index (κ3) is 4.53. The Morgan fingerprint density at radius 1 is 1.25 bits per heavy atom.